The molecule has 4 heterocycles. The predicted molar refractivity (Wildman–Crippen MR) is 141 cm³/mol. The van der Waals surface area contributed by atoms with Crippen LogP contribution in [0.4, 0.5) is 11.8 Å². The molecule has 2 aliphatic carbocycles. The van der Waals surface area contributed by atoms with Crippen molar-refractivity contribution in [1.82, 2.24) is 24.5 Å². The number of imidazole rings is 1. The van der Waals surface area contributed by atoms with Crippen LogP contribution in [0.1, 0.15) is 74.7 Å². The van der Waals surface area contributed by atoms with Gasteiger partial charge >= 0.3 is 0 Å². The summed E-state index contributed by atoms with van der Waals surface area (Å²) < 4.78 is 2.36. The van der Waals surface area contributed by atoms with Crippen molar-refractivity contribution in [3.05, 3.63) is 47.2 Å². The summed E-state index contributed by atoms with van der Waals surface area (Å²) in [6, 6.07) is 8.82. The summed E-state index contributed by atoms with van der Waals surface area (Å²) in [7, 11) is 0. The molecule has 2 fully saturated rings. The van der Waals surface area contributed by atoms with Crippen LogP contribution in [-0.2, 0) is 6.54 Å². The first-order valence-corrected chi connectivity index (χ1v) is 13.6. The zero-order chi connectivity index (χ0) is 23.8. The SMILES string of the molecule is Nc1nc(NCc2ccc(-c3cccs3)nc2)c2nc(C3CCCCC3N)n(C3CCCC3)c2n1. The van der Waals surface area contributed by atoms with Crippen molar-refractivity contribution in [3.8, 4) is 10.6 Å². The second-order valence-corrected chi connectivity index (χ2v) is 10.8. The molecular weight excluding hydrogens is 456 g/mol. The van der Waals surface area contributed by atoms with Crippen LogP contribution in [0.2, 0.25) is 0 Å². The van der Waals surface area contributed by atoms with Gasteiger partial charge in [-0.05, 0) is 48.8 Å². The Bertz CT molecular complexity index is 1290. The average Bonchev–Trinajstić information content (AvgIpc) is 3.64. The lowest BCUT2D eigenvalue weighted by molar-refractivity contribution is 0.354. The Morgan fingerprint density at radius 1 is 1.00 bits per heavy atom. The van der Waals surface area contributed by atoms with Crippen LogP contribution >= 0.6 is 11.3 Å². The highest BCUT2D eigenvalue weighted by molar-refractivity contribution is 7.13. The molecule has 9 heteroatoms. The molecule has 0 bridgehead atoms. The molecule has 182 valence electrons. The highest BCUT2D eigenvalue weighted by Crippen LogP contribution is 2.40. The molecule has 2 saturated carbocycles. The Morgan fingerprint density at radius 3 is 2.57 bits per heavy atom. The summed E-state index contributed by atoms with van der Waals surface area (Å²) in [5.41, 5.74) is 16.5. The summed E-state index contributed by atoms with van der Waals surface area (Å²) >= 11 is 1.69. The van der Waals surface area contributed by atoms with Gasteiger partial charge in [-0.2, -0.15) is 9.97 Å². The molecule has 4 aromatic rings. The van der Waals surface area contributed by atoms with E-state index in [-0.39, 0.29) is 17.9 Å². The fraction of sp³-hybridized carbons (Fsp3) is 0.462. The van der Waals surface area contributed by atoms with E-state index in [9.17, 15) is 0 Å². The molecule has 4 aromatic heterocycles. The number of aromatic nitrogens is 5. The Hall–Kier alpha value is -3.04. The summed E-state index contributed by atoms with van der Waals surface area (Å²) in [6.07, 6.45) is 11.2. The molecule has 35 heavy (non-hydrogen) atoms. The predicted octanol–water partition coefficient (Wildman–Crippen LogP) is 5.24. The second-order valence-electron chi connectivity index (χ2n) is 9.82. The molecular formula is C26H32N8S. The average molecular weight is 489 g/mol. The van der Waals surface area contributed by atoms with E-state index in [1.54, 1.807) is 11.3 Å². The van der Waals surface area contributed by atoms with E-state index < -0.39 is 0 Å². The van der Waals surface area contributed by atoms with Gasteiger partial charge in [0.2, 0.25) is 5.95 Å². The molecule has 6 rings (SSSR count). The molecule has 0 spiro atoms. The minimum Gasteiger partial charge on any atom is -0.368 e. The van der Waals surface area contributed by atoms with Crippen molar-refractivity contribution < 1.29 is 0 Å². The zero-order valence-electron chi connectivity index (χ0n) is 19.9. The van der Waals surface area contributed by atoms with E-state index in [1.165, 1.54) is 30.6 Å². The van der Waals surface area contributed by atoms with Crippen molar-refractivity contribution >= 4 is 34.3 Å². The lowest BCUT2D eigenvalue weighted by atomic mass is 9.84. The number of anilines is 2. The zero-order valence-corrected chi connectivity index (χ0v) is 20.7. The number of hydrogen-bond donors (Lipinski definition) is 3. The molecule has 0 amide bonds. The van der Waals surface area contributed by atoms with Gasteiger partial charge in [-0.1, -0.05) is 37.8 Å². The summed E-state index contributed by atoms with van der Waals surface area (Å²) in [5, 5.41) is 5.53. The highest BCUT2D eigenvalue weighted by Gasteiger charge is 2.33. The minimum absolute atomic E-state index is 0.135. The first-order valence-electron chi connectivity index (χ1n) is 12.7. The Kier molecular flexibility index (Phi) is 6.12. The van der Waals surface area contributed by atoms with E-state index in [2.05, 4.69) is 43.4 Å². The van der Waals surface area contributed by atoms with Crippen LogP contribution in [0.25, 0.3) is 21.7 Å². The molecule has 0 saturated heterocycles. The Labute approximate surface area is 209 Å². The van der Waals surface area contributed by atoms with Gasteiger partial charge in [-0.15, -0.1) is 11.3 Å². The smallest absolute Gasteiger partial charge is 0.224 e. The van der Waals surface area contributed by atoms with Gasteiger partial charge < -0.3 is 21.4 Å². The second kappa shape index (κ2) is 9.54. The molecule has 8 nitrogen and oxygen atoms in total. The number of rotatable bonds is 6. The fourth-order valence-corrected chi connectivity index (χ4v) is 6.38. The van der Waals surface area contributed by atoms with E-state index in [1.807, 2.05) is 12.3 Å². The Balaban J connectivity index is 1.34. The largest absolute Gasteiger partial charge is 0.368 e. The van der Waals surface area contributed by atoms with Crippen molar-refractivity contribution in [2.45, 2.75) is 75.9 Å². The number of nitrogen functional groups attached to an aromatic ring is 1. The molecule has 2 atom stereocenters. The monoisotopic (exact) mass is 488 g/mol. The van der Waals surface area contributed by atoms with Crippen molar-refractivity contribution in [3.63, 3.8) is 0 Å². The van der Waals surface area contributed by atoms with E-state index in [0.29, 0.717) is 18.4 Å². The van der Waals surface area contributed by atoms with Crippen molar-refractivity contribution in [2.24, 2.45) is 5.73 Å². The van der Waals surface area contributed by atoms with Gasteiger partial charge in [0.05, 0.1) is 10.6 Å². The van der Waals surface area contributed by atoms with Gasteiger partial charge in [0.1, 0.15) is 5.82 Å². The third-order valence-electron chi connectivity index (χ3n) is 7.48. The van der Waals surface area contributed by atoms with Crippen LogP contribution < -0.4 is 16.8 Å². The maximum Gasteiger partial charge on any atom is 0.224 e. The standard InChI is InChI=1S/C26H32N8S/c27-19-9-4-3-8-18(19)24-31-22-23(32-26(28)33-25(22)34(24)17-6-1-2-7-17)30-15-16-11-12-20(29-14-16)21-10-5-13-35-21/h5,10-14,17-19H,1-4,6-9,15,27H2,(H3,28,30,32,33). The first kappa shape index (κ1) is 22.4. The molecule has 0 aliphatic heterocycles. The summed E-state index contributed by atoms with van der Waals surface area (Å²) in [6.45, 7) is 0.581. The molecule has 2 unspecified atom stereocenters. The third-order valence-corrected chi connectivity index (χ3v) is 8.38. The van der Waals surface area contributed by atoms with Crippen LogP contribution in [0.5, 0.6) is 0 Å². The molecule has 0 radical (unpaired) electrons. The van der Waals surface area contributed by atoms with Crippen LogP contribution in [0, 0.1) is 0 Å². The number of thiophene rings is 1. The first-order chi connectivity index (χ1) is 17.2. The maximum atomic E-state index is 6.61. The van der Waals surface area contributed by atoms with E-state index in [0.717, 1.165) is 53.9 Å². The minimum atomic E-state index is 0.135. The van der Waals surface area contributed by atoms with Gasteiger partial charge in [-0.25, -0.2) is 4.98 Å². The number of fused-ring (bicyclic) bond motifs is 1. The topological polar surface area (TPSA) is 121 Å². The normalized spacial score (nSPS) is 21.1. The molecule has 2 aliphatic rings. The fourth-order valence-electron chi connectivity index (χ4n) is 5.68. The van der Waals surface area contributed by atoms with Gasteiger partial charge in [-0.3, -0.25) is 4.98 Å². The van der Waals surface area contributed by atoms with Crippen molar-refractivity contribution in [1.29, 1.82) is 0 Å². The quantitative estimate of drug-likeness (QED) is 0.339. The van der Waals surface area contributed by atoms with E-state index >= 15 is 0 Å². The van der Waals surface area contributed by atoms with Gasteiger partial charge in [0.15, 0.2) is 17.0 Å². The van der Waals surface area contributed by atoms with Gasteiger partial charge in [0.25, 0.3) is 0 Å². The van der Waals surface area contributed by atoms with E-state index in [4.69, 9.17) is 21.4 Å². The van der Waals surface area contributed by atoms with Crippen molar-refractivity contribution in [2.75, 3.05) is 11.1 Å². The lowest BCUT2D eigenvalue weighted by Crippen LogP contribution is -2.33. The summed E-state index contributed by atoms with van der Waals surface area (Å²) in [4.78, 5) is 20.2. The number of hydrogen-bond acceptors (Lipinski definition) is 8. The highest BCUT2D eigenvalue weighted by atomic mass is 32.1. The lowest BCUT2D eigenvalue weighted by Gasteiger charge is -2.29. The number of nitrogens with one attached hydrogen (secondary N) is 1. The number of pyridine rings is 1. The maximum absolute atomic E-state index is 6.61. The van der Waals surface area contributed by atoms with Crippen LogP contribution in [-0.4, -0.2) is 30.5 Å². The number of nitrogens with zero attached hydrogens (tertiary/aromatic N) is 5. The Morgan fingerprint density at radius 2 is 1.83 bits per heavy atom. The van der Waals surface area contributed by atoms with Crippen LogP contribution in [0.3, 0.4) is 0 Å². The third kappa shape index (κ3) is 4.38. The number of nitrogens with two attached hydrogens (primary N) is 2. The molecule has 5 N–H and O–H groups in total. The molecule has 0 aromatic carbocycles. The van der Waals surface area contributed by atoms with Gasteiger partial charge in [0, 0.05) is 30.7 Å². The van der Waals surface area contributed by atoms with Crippen LogP contribution in [0.15, 0.2) is 35.8 Å². The summed E-state index contributed by atoms with van der Waals surface area (Å²) in [5.74, 6) is 2.27.